The molecule has 4 heteroatoms. The molecule has 0 amide bonds. The van der Waals surface area contributed by atoms with Gasteiger partial charge in [-0.05, 0) is 30.5 Å². The molecule has 1 aromatic rings. The van der Waals surface area contributed by atoms with Crippen molar-refractivity contribution in [2.45, 2.75) is 38.3 Å². The van der Waals surface area contributed by atoms with E-state index in [2.05, 4.69) is 15.9 Å². The first-order chi connectivity index (χ1) is 10.3. The van der Waals surface area contributed by atoms with Gasteiger partial charge in [-0.3, -0.25) is 9.80 Å². The maximum absolute atomic E-state index is 8.88. The molecule has 0 spiro atoms. The average molecular weight is 304 g/mol. The summed E-state index contributed by atoms with van der Waals surface area (Å²) in [6.07, 6.45) is 5.60. The van der Waals surface area contributed by atoms with Crippen molar-refractivity contribution in [3.8, 4) is 6.07 Å². The zero-order valence-corrected chi connectivity index (χ0v) is 13.1. The van der Waals surface area contributed by atoms with Crippen molar-refractivity contribution < 1.29 is 0 Å². The summed E-state index contributed by atoms with van der Waals surface area (Å²) >= 11 is 6.27. The Morgan fingerprint density at radius 3 is 2.48 bits per heavy atom. The Balaban J connectivity index is 1.54. The Hall–Kier alpha value is -1.08. The molecule has 0 radical (unpaired) electrons. The minimum absolute atomic E-state index is 0.634. The highest BCUT2D eigenvalue weighted by molar-refractivity contribution is 6.31. The molecule has 112 valence electrons. The van der Waals surface area contributed by atoms with Gasteiger partial charge in [0.05, 0.1) is 11.6 Å². The molecule has 3 nitrogen and oxygen atoms in total. The number of benzene rings is 1. The minimum atomic E-state index is 0.634. The molecule has 1 aliphatic heterocycles. The van der Waals surface area contributed by atoms with Crippen LogP contribution in [0.15, 0.2) is 18.2 Å². The Bertz CT molecular complexity index is 523. The molecule has 0 aromatic heterocycles. The maximum atomic E-state index is 8.88. The van der Waals surface area contributed by atoms with Crippen molar-refractivity contribution in [1.29, 1.82) is 5.26 Å². The van der Waals surface area contributed by atoms with E-state index in [1.807, 2.05) is 12.1 Å². The maximum Gasteiger partial charge on any atom is 0.0992 e. The van der Waals surface area contributed by atoms with Gasteiger partial charge in [-0.1, -0.05) is 30.5 Å². The number of hydrogen-bond acceptors (Lipinski definition) is 3. The van der Waals surface area contributed by atoms with Crippen LogP contribution in [0.1, 0.15) is 36.8 Å². The highest BCUT2D eigenvalue weighted by Gasteiger charge is 2.26. The van der Waals surface area contributed by atoms with Gasteiger partial charge in [-0.2, -0.15) is 5.26 Å². The van der Waals surface area contributed by atoms with Crippen LogP contribution in [0.2, 0.25) is 5.02 Å². The molecule has 1 heterocycles. The SMILES string of the molecule is N#Cc1ccc(CN2CCN(C3CCCC3)CC2)c(Cl)c1. The number of rotatable bonds is 3. The van der Waals surface area contributed by atoms with Gasteiger partial charge in [0.25, 0.3) is 0 Å². The predicted molar refractivity (Wildman–Crippen MR) is 85.3 cm³/mol. The fraction of sp³-hybridized carbons (Fsp3) is 0.588. The lowest BCUT2D eigenvalue weighted by Gasteiger charge is -2.38. The van der Waals surface area contributed by atoms with Crippen LogP contribution in [-0.2, 0) is 6.54 Å². The summed E-state index contributed by atoms with van der Waals surface area (Å²) in [7, 11) is 0. The highest BCUT2D eigenvalue weighted by Crippen LogP contribution is 2.25. The Kier molecular flexibility index (Phi) is 4.80. The second-order valence-electron chi connectivity index (χ2n) is 6.17. The second kappa shape index (κ2) is 6.79. The Labute approximate surface area is 132 Å². The quantitative estimate of drug-likeness (QED) is 0.858. The molecule has 1 aromatic carbocycles. The van der Waals surface area contributed by atoms with Crippen molar-refractivity contribution in [1.82, 2.24) is 9.80 Å². The second-order valence-corrected chi connectivity index (χ2v) is 6.58. The fourth-order valence-electron chi connectivity index (χ4n) is 3.54. The van der Waals surface area contributed by atoms with Crippen LogP contribution < -0.4 is 0 Å². The molecule has 0 atom stereocenters. The Morgan fingerprint density at radius 2 is 1.86 bits per heavy atom. The number of nitriles is 1. The number of nitrogens with zero attached hydrogens (tertiary/aromatic N) is 3. The first-order valence-electron chi connectivity index (χ1n) is 7.91. The fourth-order valence-corrected chi connectivity index (χ4v) is 3.78. The summed E-state index contributed by atoms with van der Waals surface area (Å²) in [6, 6.07) is 8.59. The van der Waals surface area contributed by atoms with Crippen molar-refractivity contribution in [2.75, 3.05) is 26.2 Å². The molecule has 2 fully saturated rings. The van der Waals surface area contributed by atoms with E-state index in [0.29, 0.717) is 10.6 Å². The van der Waals surface area contributed by atoms with Gasteiger partial charge < -0.3 is 0 Å². The van der Waals surface area contributed by atoms with Crippen molar-refractivity contribution in [3.63, 3.8) is 0 Å². The third-order valence-electron chi connectivity index (χ3n) is 4.82. The van der Waals surface area contributed by atoms with E-state index in [0.717, 1.165) is 31.2 Å². The first kappa shape index (κ1) is 14.8. The third kappa shape index (κ3) is 3.58. The predicted octanol–water partition coefficient (Wildman–Crippen LogP) is 3.27. The van der Waals surface area contributed by atoms with E-state index in [4.69, 9.17) is 16.9 Å². The van der Waals surface area contributed by atoms with E-state index < -0.39 is 0 Å². The van der Waals surface area contributed by atoms with Crippen molar-refractivity contribution in [2.24, 2.45) is 0 Å². The van der Waals surface area contributed by atoms with E-state index >= 15 is 0 Å². The molecule has 0 unspecified atom stereocenters. The summed E-state index contributed by atoms with van der Waals surface area (Å²) in [5, 5.41) is 9.60. The highest BCUT2D eigenvalue weighted by atomic mass is 35.5. The molecule has 1 aliphatic carbocycles. The van der Waals surface area contributed by atoms with Gasteiger partial charge in [0.1, 0.15) is 0 Å². The van der Waals surface area contributed by atoms with Crippen LogP contribution in [0, 0.1) is 11.3 Å². The average Bonchev–Trinajstić information content (AvgIpc) is 3.04. The van der Waals surface area contributed by atoms with Crippen LogP contribution in [0.5, 0.6) is 0 Å². The number of halogens is 1. The summed E-state index contributed by atoms with van der Waals surface area (Å²) in [5.74, 6) is 0. The van der Waals surface area contributed by atoms with E-state index in [9.17, 15) is 0 Å². The van der Waals surface area contributed by atoms with Crippen LogP contribution >= 0.6 is 11.6 Å². The lowest BCUT2D eigenvalue weighted by atomic mass is 10.1. The standard InChI is InChI=1S/C17H22ClN3/c18-17-11-14(12-19)5-6-15(17)13-20-7-9-21(10-8-20)16-3-1-2-4-16/h5-6,11,16H,1-4,7-10,13H2. The largest absolute Gasteiger partial charge is 0.298 e. The third-order valence-corrected chi connectivity index (χ3v) is 5.18. The molecule has 0 bridgehead atoms. The summed E-state index contributed by atoms with van der Waals surface area (Å²) < 4.78 is 0. The normalized spacial score (nSPS) is 21.5. The minimum Gasteiger partial charge on any atom is -0.298 e. The lowest BCUT2D eigenvalue weighted by Crippen LogP contribution is -2.49. The van der Waals surface area contributed by atoms with E-state index in [1.165, 1.54) is 38.8 Å². The van der Waals surface area contributed by atoms with E-state index in [-0.39, 0.29) is 0 Å². The van der Waals surface area contributed by atoms with Crippen molar-refractivity contribution >= 4 is 11.6 Å². The summed E-state index contributed by atoms with van der Waals surface area (Å²) in [6.45, 7) is 5.49. The molecular formula is C17H22ClN3. The smallest absolute Gasteiger partial charge is 0.0992 e. The number of hydrogen-bond donors (Lipinski definition) is 0. The summed E-state index contributed by atoms with van der Waals surface area (Å²) in [5.41, 5.74) is 1.76. The first-order valence-corrected chi connectivity index (χ1v) is 8.29. The van der Waals surface area contributed by atoms with Gasteiger partial charge in [0.2, 0.25) is 0 Å². The lowest BCUT2D eigenvalue weighted by molar-refractivity contribution is 0.0937. The zero-order valence-electron chi connectivity index (χ0n) is 12.4. The van der Waals surface area contributed by atoms with Crippen LogP contribution in [-0.4, -0.2) is 42.0 Å². The monoisotopic (exact) mass is 303 g/mol. The van der Waals surface area contributed by atoms with Gasteiger partial charge in [0, 0.05) is 43.8 Å². The Morgan fingerprint density at radius 1 is 1.14 bits per heavy atom. The molecule has 21 heavy (non-hydrogen) atoms. The molecule has 1 saturated heterocycles. The van der Waals surface area contributed by atoms with Gasteiger partial charge in [-0.25, -0.2) is 0 Å². The molecular weight excluding hydrogens is 282 g/mol. The molecule has 2 aliphatic rings. The zero-order chi connectivity index (χ0) is 14.7. The molecule has 1 saturated carbocycles. The summed E-state index contributed by atoms with van der Waals surface area (Å²) in [4.78, 5) is 5.14. The van der Waals surface area contributed by atoms with Crippen molar-refractivity contribution in [3.05, 3.63) is 34.3 Å². The van der Waals surface area contributed by atoms with E-state index in [1.54, 1.807) is 6.07 Å². The van der Waals surface area contributed by atoms with Gasteiger partial charge in [0.15, 0.2) is 0 Å². The molecule has 0 N–H and O–H groups in total. The van der Waals surface area contributed by atoms with Crippen LogP contribution in [0.25, 0.3) is 0 Å². The topological polar surface area (TPSA) is 30.3 Å². The number of piperazine rings is 1. The van der Waals surface area contributed by atoms with Crippen LogP contribution in [0.4, 0.5) is 0 Å². The van der Waals surface area contributed by atoms with Crippen LogP contribution in [0.3, 0.4) is 0 Å². The van der Waals surface area contributed by atoms with Gasteiger partial charge >= 0.3 is 0 Å². The van der Waals surface area contributed by atoms with Gasteiger partial charge in [-0.15, -0.1) is 0 Å². The molecule has 3 rings (SSSR count).